The van der Waals surface area contributed by atoms with Crippen LogP contribution in [0.1, 0.15) is 37.8 Å². The van der Waals surface area contributed by atoms with Crippen molar-refractivity contribution < 1.29 is 18.8 Å². The maximum absolute atomic E-state index is 12.9. The van der Waals surface area contributed by atoms with Crippen LogP contribution in [0.25, 0.3) is 17.0 Å². The van der Waals surface area contributed by atoms with Crippen LogP contribution in [0, 0.1) is 0 Å². The number of carbonyl (C=O) groups excluding carboxylic acids is 1. The van der Waals surface area contributed by atoms with Gasteiger partial charge in [0.2, 0.25) is 5.82 Å². The van der Waals surface area contributed by atoms with E-state index >= 15 is 0 Å². The fraction of sp³-hybridized carbons (Fsp3) is 0.292. The summed E-state index contributed by atoms with van der Waals surface area (Å²) in [5, 5.41) is 7.28. The Kier molecular flexibility index (Phi) is 6.11. The molecule has 0 saturated heterocycles. The Bertz CT molecular complexity index is 1140. The second-order valence-electron chi connectivity index (χ2n) is 7.46. The molecule has 3 aromatic rings. The summed E-state index contributed by atoms with van der Waals surface area (Å²) in [4.78, 5) is 19.2. The van der Waals surface area contributed by atoms with Crippen molar-refractivity contribution in [1.29, 1.82) is 0 Å². The maximum atomic E-state index is 12.9. The average molecular weight is 434 g/mol. The number of ether oxygens (including phenoxy) is 2. The predicted octanol–water partition coefficient (Wildman–Crippen LogP) is 4.66. The molecule has 8 heteroatoms. The van der Waals surface area contributed by atoms with E-state index in [4.69, 9.17) is 14.0 Å². The topological polar surface area (TPSA) is 89.7 Å². The van der Waals surface area contributed by atoms with Gasteiger partial charge in [-0.15, -0.1) is 0 Å². The molecule has 1 unspecified atom stereocenters. The van der Waals surface area contributed by atoms with E-state index in [9.17, 15) is 4.79 Å². The smallest absolute Gasteiger partial charge is 0.322 e. The van der Waals surface area contributed by atoms with Crippen molar-refractivity contribution in [3.63, 3.8) is 0 Å². The van der Waals surface area contributed by atoms with E-state index in [-0.39, 0.29) is 6.03 Å². The minimum atomic E-state index is -0.449. The van der Waals surface area contributed by atoms with Crippen molar-refractivity contribution in [3.8, 4) is 22.9 Å². The fourth-order valence-corrected chi connectivity index (χ4v) is 3.81. The Morgan fingerprint density at radius 2 is 1.84 bits per heavy atom. The molecular weight excluding hydrogens is 408 g/mol. The van der Waals surface area contributed by atoms with Gasteiger partial charge in [0.25, 0.3) is 5.89 Å². The Labute approximate surface area is 186 Å². The van der Waals surface area contributed by atoms with Gasteiger partial charge >= 0.3 is 6.03 Å². The molecule has 1 atom stereocenters. The number of aromatic nitrogens is 2. The zero-order valence-electron chi connectivity index (χ0n) is 18.6. The maximum Gasteiger partial charge on any atom is 0.322 e. The molecule has 8 nitrogen and oxygen atoms in total. The summed E-state index contributed by atoms with van der Waals surface area (Å²) in [6.07, 6.45) is 0.822. The van der Waals surface area contributed by atoms with E-state index in [1.807, 2.05) is 62.4 Å². The number of hydrogen-bond acceptors (Lipinski definition) is 6. The monoisotopic (exact) mass is 434 g/mol. The van der Waals surface area contributed by atoms with Gasteiger partial charge in [-0.1, -0.05) is 24.2 Å². The normalized spacial score (nSPS) is 16.2. The number of nitrogens with zero attached hydrogens (tertiary/aromatic N) is 3. The molecule has 1 aromatic heterocycles. The van der Waals surface area contributed by atoms with Gasteiger partial charge in [-0.2, -0.15) is 4.98 Å². The first-order valence-corrected chi connectivity index (χ1v) is 10.5. The molecule has 2 aromatic carbocycles. The van der Waals surface area contributed by atoms with Crippen molar-refractivity contribution in [2.75, 3.05) is 20.8 Å². The molecule has 0 fully saturated rings. The highest BCUT2D eigenvalue weighted by Gasteiger charge is 2.35. The van der Waals surface area contributed by atoms with Crippen LogP contribution < -0.4 is 14.8 Å². The molecule has 32 heavy (non-hydrogen) atoms. The summed E-state index contributed by atoms with van der Waals surface area (Å²) in [6, 6.07) is 14.4. The van der Waals surface area contributed by atoms with Gasteiger partial charge in [-0.25, -0.2) is 4.79 Å². The number of carbonyl (C=O) groups is 1. The number of allylic oxidation sites excluding steroid dienone is 1. The Hall–Kier alpha value is -3.81. The van der Waals surface area contributed by atoms with E-state index in [2.05, 4.69) is 15.5 Å². The average Bonchev–Trinajstić information content (AvgIpc) is 3.31. The highest BCUT2D eigenvalue weighted by atomic mass is 16.5. The predicted molar refractivity (Wildman–Crippen MR) is 120 cm³/mol. The first-order valence-electron chi connectivity index (χ1n) is 10.5. The summed E-state index contributed by atoms with van der Waals surface area (Å²) < 4.78 is 16.3. The minimum absolute atomic E-state index is 0.157. The fourth-order valence-electron chi connectivity index (χ4n) is 3.81. The molecule has 0 aliphatic carbocycles. The van der Waals surface area contributed by atoms with Gasteiger partial charge in [0.15, 0.2) is 0 Å². The minimum Gasteiger partial charge on any atom is -0.497 e. The molecule has 2 heterocycles. The van der Waals surface area contributed by atoms with E-state index < -0.39 is 6.04 Å². The van der Waals surface area contributed by atoms with Crippen molar-refractivity contribution in [2.45, 2.75) is 26.3 Å². The first kappa shape index (κ1) is 21.4. The quantitative estimate of drug-likeness (QED) is 0.582. The lowest BCUT2D eigenvalue weighted by molar-refractivity contribution is 0.205. The van der Waals surface area contributed by atoms with Crippen LogP contribution in [0.4, 0.5) is 4.79 Å². The van der Waals surface area contributed by atoms with Gasteiger partial charge in [0, 0.05) is 17.8 Å². The zero-order valence-corrected chi connectivity index (χ0v) is 18.6. The van der Waals surface area contributed by atoms with Gasteiger partial charge in [-0.3, -0.25) is 4.90 Å². The van der Waals surface area contributed by atoms with Crippen LogP contribution in [0.5, 0.6) is 11.5 Å². The van der Waals surface area contributed by atoms with Crippen LogP contribution in [-0.2, 0) is 0 Å². The Morgan fingerprint density at radius 1 is 1.09 bits per heavy atom. The number of hydrogen-bond donors (Lipinski definition) is 1. The van der Waals surface area contributed by atoms with Crippen LogP contribution in [0.15, 0.2) is 58.8 Å². The molecule has 1 aliphatic rings. The lowest BCUT2D eigenvalue weighted by Crippen LogP contribution is -2.46. The van der Waals surface area contributed by atoms with Crippen molar-refractivity contribution in [1.82, 2.24) is 20.4 Å². The zero-order chi connectivity index (χ0) is 22.7. The Morgan fingerprint density at radius 3 is 2.53 bits per heavy atom. The number of amides is 2. The van der Waals surface area contributed by atoms with E-state index in [1.54, 1.807) is 19.1 Å². The number of nitrogens with one attached hydrogen (secondary N) is 1. The lowest BCUT2D eigenvalue weighted by atomic mass is 9.94. The third-order valence-electron chi connectivity index (χ3n) is 5.48. The standard InChI is InChI=1S/C24H26N4O4/c1-5-13-28-15(2)20(21(25-24(28)29)17-7-6-8-19(14-17)31-4)23-26-22(27-32-23)16-9-11-18(30-3)12-10-16/h6-12,14,21H,5,13H2,1-4H3,(H,25,29). The number of benzene rings is 2. The van der Waals surface area contributed by atoms with Crippen molar-refractivity contribution >= 4 is 11.6 Å². The summed E-state index contributed by atoms with van der Waals surface area (Å²) in [5.41, 5.74) is 3.22. The molecule has 0 radical (unpaired) electrons. The third-order valence-corrected chi connectivity index (χ3v) is 5.48. The molecular formula is C24H26N4O4. The summed E-state index contributed by atoms with van der Waals surface area (Å²) in [7, 11) is 3.23. The van der Waals surface area contributed by atoms with Gasteiger partial charge in [0.05, 0.1) is 25.8 Å². The van der Waals surface area contributed by atoms with Crippen molar-refractivity contribution in [3.05, 3.63) is 65.7 Å². The largest absolute Gasteiger partial charge is 0.497 e. The third kappa shape index (κ3) is 4.03. The second kappa shape index (κ2) is 9.13. The second-order valence-corrected chi connectivity index (χ2v) is 7.46. The van der Waals surface area contributed by atoms with Gasteiger partial charge in [-0.05, 0) is 55.3 Å². The molecule has 166 valence electrons. The van der Waals surface area contributed by atoms with Gasteiger partial charge < -0.3 is 19.3 Å². The summed E-state index contributed by atoms with van der Waals surface area (Å²) in [5.74, 6) is 2.28. The molecule has 0 bridgehead atoms. The molecule has 1 aliphatic heterocycles. The number of urea groups is 1. The number of rotatable bonds is 7. The first-order chi connectivity index (χ1) is 15.5. The van der Waals surface area contributed by atoms with Crippen LogP contribution in [-0.4, -0.2) is 41.8 Å². The number of methoxy groups -OCH3 is 2. The van der Waals surface area contributed by atoms with Crippen molar-refractivity contribution in [2.24, 2.45) is 0 Å². The van der Waals surface area contributed by atoms with E-state index in [1.165, 1.54) is 0 Å². The van der Waals surface area contributed by atoms with E-state index in [0.717, 1.165) is 34.6 Å². The SMILES string of the molecule is CCCN1C(=O)NC(c2cccc(OC)c2)C(c2nc(-c3ccc(OC)cc3)no2)=C1C. The molecule has 0 saturated carbocycles. The lowest BCUT2D eigenvalue weighted by Gasteiger charge is -2.35. The molecule has 0 spiro atoms. The highest BCUT2D eigenvalue weighted by molar-refractivity contribution is 5.87. The van der Waals surface area contributed by atoms with Crippen LogP contribution >= 0.6 is 0 Å². The summed E-state index contributed by atoms with van der Waals surface area (Å²) in [6.45, 7) is 4.53. The van der Waals surface area contributed by atoms with Crippen LogP contribution in [0.2, 0.25) is 0 Å². The van der Waals surface area contributed by atoms with Crippen LogP contribution in [0.3, 0.4) is 0 Å². The molecule has 4 rings (SSSR count). The Balaban J connectivity index is 1.79. The molecule has 2 amide bonds. The summed E-state index contributed by atoms with van der Waals surface area (Å²) >= 11 is 0. The van der Waals surface area contributed by atoms with E-state index in [0.29, 0.717) is 24.0 Å². The highest BCUT2D eigenvalue weighted by Crippen LogP contribution is 2.38. The molecule has 1 N–H and O–H groups in total. The van der Waals surface area contributed by atoms with Gasteiger partial charge in [0.1, 0.15) is 11.5 Å².